The number of amides is 1. The van der Waals surface area contributed by atoms with Crippen molar-refractivity contribution in [3.63, 3.8) is 0 Å². The first-order chi connectivity index (χ1) is 14.6. The highest BCUT2D eigenvalue weighted by molar-refractivity contribution is 5.91. The summed E-state index contributed by atoms with van der Waals surface area (Å²) in [6.45, 7) is 5.87. The standard InChI is InChI=1S/C25H32N2O3/c1-20(28)26-25-10-6-5-9-23(25)18-24(29)17-21-11-13-27(14-12-21)15-16-30-19-22-7-3-2-4-8-22/h2-10,21H,11-19H2,1H3,(H,26,28). The Bertz CT molecular complexity index is 814. The molecular formula is C25H32N2O3. The summed E-state index contributed by atoms with van der Waals surface area (Å²) >= 11 is 0. The van der Waals surface area contributed by atoms with E-state index in [-0.39, 0.29) is 11.7 Å². The van der Waals surface area contributed by atoms with Gasteiger partial charge in [0.05, 0.1) is 13.2 Å². The number of ketones is 1. The van der Waals surface area contributed by atoms with E-state index in [2.05, 4.69) is 22.3 Å². The van der Waals surface area contributed by atoms with Gasteiger partial charge in [0.1, 0.15) is 5.78 Å². The zero-order chi connectivity index (χ0) is 21.2. The highest BCUT2D eigenvalue weighted by Crippen LogP contribution is 2.23. The molecule has 0 spiro atoms. The Labute approximate surface area is 179 Å². The smallest absolute Gasteiger partial charge is 0.221 e. The number of benzene rings is 2. The van der Waals surface area contributed by atoms with Crippen LogP contribution in [0.2, 0.25) is 0 Å². The monoisotopic (exact) mass is 408 g/mol. The van der Waals surface area contributed by atoms with E-state index in [1.807, 2.05) is 42.5 Å². The molecule has 1 amide bonds. The van der Waals surface area contributed by atoms with Crippen molar-refractivity contribution in [2.24, 2.45) is 5.92 Å². The molecular weight excluding hydrogens is 376 g/mol. The number of likely N-dealkylation sites (tertiary alicyclic amines) is 1. The van der Waals surface area contributed by atoms with E-state index in [1.54, 1.807) is 0 Å². The van der Waals surface area contributed by atoms with Crippen LogP contribution in [0.15, 0.2) is 54.6 Å². The van der Waals surface area contributed by atoms with Gasteiger partial charge < -0.3 is 15.0 Å². The van der Waals surface area contributed by atoms with E-state index in [4.69, 9.17) is 4.74 Å². The summed E-state index contributed by atoms with van der Waals surface area (Å²) in [5, 5.41) is 2.81. The molecule has 1 aliphatic heterocycles. The Morgan fingerprint density at radius 2 is 1.73 bits per heavy atom. The summed E-state index contributed by atoms with van der Waals surface area (Å²) in [5.41, 5.74) is 2.84. The fourth-order valence-electron chi connectivity index (χ4n) is 3.96. The molecule has 1 saturated heterocycles. The molecule has 2 aromatic rings. The molecule has 2 aromatic carbocycles. The summed E-state index contributed by atoms with van der Waals surface area (Å²) in [4.78, 5) is 26.4. The number of nitrogens with zero attached hydrogens (tertiary/aromatic N) is 1. The molecule has 1 aliphatic rings. The Morgan fingerprint density at radius 3 is 2.47 bits per heavy atom. The van der Waals surface area contributed by atoms with Gasteiger partial charge in [-0.1, -0.05) is 48.5 Å². The highest BCUT2D eigenvalue weighted by Gasteiger charge is 2.21. The lowest BCUT2D eigenvalue weighted by atomic mass is 9.90. The number of ether oxygens (including phenoxy) is 1. The summed E-state index contributed by atoms with van der Waals surface area (Å²) in [6.07, 6.45) is 3.10. The van der Waals surface area contributed by atoms with Crippen molar-refractivity contribution in [2.45, 2.75) is 39.2 Å². The second-order valence-corrected chi connectivity index (χ2v) is 8.08. The topological polar surface area (TPSA) is 58.6 Å². The van der Waals surface area contributed by atoms with Gasteiger partial charge in [-0.3, -0.25) is 9.59 Å². The fraction of sp³-hybridized carbons (Fsp3) is 0.440. The maximum atomic E-state index is 12.6. The summed E-state index contributed by atoms with van der Waals surface area (Å²) in [5.74, 6) is 0.583. The first-order valence-electron chi connectivity index (χ1n) is 10.8. The van der Waals surface area contributed by atoms with Crippen molar-refractivity contribution >= 4 is 17.4 Å². The number of hydrogen-bond acceptors (Lipinski definition) is 4. The molecule has 0 radical (unpaired) electrons. The third-order valence-electron chi connectivity index (χ3n) is 5.60. The molecule has 0 bridgehead atoms. The second-order valence-electron chi connectivity index (χ2n) is 8.08. The number of piperidine rings is 1. The van der Waals surface area contributed by atoms with Gasteiger partial charge in [0, 0.05) is 32.0 Å². The average Bonchev–Trinajstić information content (AvgIpc) is 2.74. The first kappa shape index (κ1) is 22.2. The normalized spacial score (nSPS) is 15.1. The lowest BCUT2D eigenvalue weighted by molar-refractivity contribution is -0.119. The molecule has 3 rings (SSSR count). The summed E-state index contributed by atoms with van der Waals surface area (Å²) in [7, 11) is 0. The average molecular weight is 409 g/mol. The summed E-state index contributed by atoms with van der Waals surface area (Å²) in [6, 6.07) is 17.8. The number of carbonyl (C=O) groups excluding carboxylic acids is 2. The Hall–Kier alpha value is -2.50. The second kappa shape index (κ2) is 11.6. The lowest BCUT2D eigenvalue weighted by Gasteiger charge is -2.31. The lowest BCUT2D eigenvalue weighted by Crippen LogP contribution is -2.36. The molecule has 1 heterocycles. The molecule has 0 unspecified atom stereocenters. The van der Waals surface area contributed by atoms with Gasteiger partial charge in [0.2, 0.25) is 5.91 Å². The predicted molar refractivity (Wildman–Crippen MR) is 119 cm³/mol. The number of para-hydroxylation sites is 1. The van der Waals surface area contributed by atoms with E-state index in [0.29, 0.717) is 25.4 Å². The maximum absolute atomic E-state index is 12.6. The van der Waals surface area contributed by atoms with Crippen LogP contribution < -0.4 is 5.32 Å². The number of Topliss-reactive ketones (excluding diaryl/α,β-unsaturated/α-hetero) is 1. The largest absolute Gasteiger partial charge is 0.375 e. The van der Waals surface area contributed by atoms with Crippen molar-refractivity contribution in [3.05, 3.63) is 65.7 Å². The van der Waals surface area contributed by atoms with E-state index in [1.165, 1.54) is 12.5 Å². The molecule has 1 N–H and O–H groups in total. The number of hydrogen-bond donors (Lipinski definition) is 1. The fourth-order valence-corrected chi connectivity index (χ4v) is 3.96. The van der Waals surface area contributed by atoms with Crippen LogP contribution in [-0.4, -0.2) is 42.8 Å². The third kappa shape index (κ3) is 7.39. The van der Waals surface area contributed by atoms with Gasteiger partial charge in [-0.2, -0.15) is 0 Å². The minimum Gasteiger partial charge on any atom is -0.375 e. The van der Waals surface area contributed by atoms with Crippen LogP contribution in [0.25, 0.3) is 0 Å². The zero-order valence-corrected chi connectivity index (χ0v) is 17.8. The van der Waals surface area contributed by atoms with Crippen LogP contribution in [0.3, 0.4) is 0 Å². The Balaban J connectivity index is 1.34. The third-order valence-corrected chi connectivity index (χ3v) is 5.60. The number of nitrogens with one attached hydrogen (secondary N) is 1. The minimum absolute atomic E-state index is 0.116. The van der Waals surface area contributed by atoms with Crippen molar-refractivity contribution in [1.82, 2.24) is 4.90 Å². The number of carbonyl (C=O) groups is 2. The van der Waals surface area contributed by atoms with Crippen molar-refractivity contribution < 1.29 is 14.3 Å². The zero-order valence-electron chi connectivity index (χ0n) is 17.8. The van der Waals surface area contributed by atoms with Gasteiger partial charge in [-0.25, -0.2) is 0 Å². The Morgan fingerprint density at radius 1 is 1.03 bits per heavy atom. The summed E-state index contributed by atoms with van der Waals surface area (Å²) < 4.78 is 5.79. The number of anilines is 1. The minimum atomic E-state index is -0.116. The van der Waals surface area contributed by atoms with Crippen LogP contribution in [0.5, 0.6) is 0 Å². The number of rotatable bonds is 10. The molecule has 0 aromatic heterocycles. The van der Waals surface area contributed by atoms with E-state index < -0.39 is 0 Å². The Kier molecular flexibility index (Phi) is 8.60. The molecule has 0 aliphatic carbocycles. The molecule has 5 heteroatoms. The van der Waals surface area contributed by atoms with Crippen molar-refractivity contribution in [1.29, 1.82) is 0 Å². The molecule has 30 heavy (non-hydrogen) atoms. The van der Waals surface area contributed by atoms with Crippen LogP contribution in [0, 0.1) is 5.92 Å². The van der Waals surface area contributed by atoms with E-state index in [0.717, 1.165) is 50.3 Å². The van der Waals surface area contributed by atoms with Crippen LogP contribution in [0.1, 0.15) is 37.3 Å². The molecule has 1 fully saturated rings. The first-order valence-corrected chi connectivity index (χ1v) is 10.8. The van der Waals surface area contributed by atoms with Gasteiger partial charge in [-0.15, -0.1) is 0 Å². The van der Waals surface area contributed by atoms with E-state index in [9.17, 15) is 9.59 Å². The molecule has 0 atom stereocenters. The highest BCUT2D eigenvalue weighted by atomic mass is 16.5. The van der Waals surface area contributed by atoms with Gasteiger partial charge in [0.15, 0.2) is 0 Å². The predicted octanol–water partition coefficient (Wildman–Crippen LogP) is 4.08. The van der Waals surface area contributed by atoms with E-state index >= 15 is 0 Å². The molecule has 0 saturated carbocycles. The SMILES string of the molecule is CC(=O)Nc1ccccc1CC(=O)CC1CCN(CCOCc2ccccc2)CC1. The van der Waals surface area contributed by atoms with Crippen LogP contribution in [0.4, 0.5) is 5.69 Å². The quantitative estimate of drug-likeness (QED) is 0.602. The maximum Gasteiger partial charge on any atom is 0.221 e. The molecule has 160 valence electrons. The van der Waals surface area contributed by atoms with Crippen LogP contribution in [-0.2, 0) is 27.4 Å². The van der Waals surface area contributed by atoms with Gasteiger partial charge in [0.25, 0.3) is 0 Å². The molecule has 5 nitrogen and oxygen atoms in total. The van der Waals surface area contributed by atoms with Gasteiger partial charge >= 0.3 is 0 Å². The van der Waals surface area contributed by atoms with Crippen molar-refractivity contribution in [2.75, 3.05) is 31.6 Å². The van der Waals surface area contributed by atoms with Gasteiger partial charge in [-0.05, 0) is 49.0 Å². The van der Waals surface area contributed by atoms with Crippen LogP contribution >= 0.6 is 0 Å². The van der Waals surface area contributed by atoms with Crippen molar-refractivity contribution in [3.8, 4) is 0 Å².